The molecule has 0 fully saturated rings. The number of para-hydroxylation sites is 1. The predicted molar refractivity (Wildman–Crippen MR) is 110 cm³/mol. The summed E-state index contributed by atoms with van der Waals surface area (Å²) in [7, 11) is 0. The topological polar surface area (TPSA) is 80.3 Å². The summed E-state index contributed by atoms with van der Waals surface area (Å²) in [5.41, 5.74) is 7.87. The Morgan fingerprint density at radius 1 is 1.11 bits per heavy atom. The van der Waals surface area contributed by atoms with E-state index in [1.54, 1.807) is 18.3 Å². The fourth-order valence-electron chi connectivity index (χ4n) is 2.64. The maximum atomic E-state index is 12.2. The monoisotopic (exact) mass is 397 g/mol. The number of hydrazine groups is 1. The van der Waals surface area contributed by atoms with Gasteiger partial charge in [0.25, 0.3) is 5.91 Å². The van der Waals surface area contributed by atoms with Gasteiger partial charge >= 0.3 is 0 Å². The zero-order chi connectivity index (χ0) is 20.1. The van der Waals surface area contributed by atoms with Crippen LogP contribution < -0.4 is 15.6 Å². The van der Waals surface area contributed by atoms with E-state index in [4.69, 9.17) is 4.74 Å². The van der Waals surface area contributed by atoms with Crippen LogP contribution in [0.5, 0.6) is 5.75 Å². The number of carbonyl (C=O) groups is 2. The molecule has 0 bridgehead atoms. The first kappa shape index (κ1) is 19.8. The van der Waals surface area contributed by atoms with Gasteiger partial charge in [-0.3, -0.25) is 20.4 Å². The number of hydrogen-bond donors (Lipinski definition) is 2. The number of aromatic nitrogens is 1. The van der Waals surface area contributed by atoms with Gasteiger partial charge in [-0.25, -0.2) is 4.98 Å². The quantitative estimate of drug-likeness (QED) is 0.624. The molecule has 0 radical (unpaired) electrons. The number of ether oxygens (including phenoxy) is 1. The highest BCUT2D eigenvalue weighted by molar-refractivity contribution is 7.18. The van der Waals surface area contributed by atoms with Crippen molar-refractivity contribution in [3.8, 4) is 5.75 Å². The third kappa shape index (κ3) is 4.86. The van der Waals surface area contributed by atoms with Crippen LogP contribution in [0, 0.1) is 13.8 Å². The predicted octanol–water partition coefficient (Wildman–Crippen LogP) is 3.46. The maximum absolute atomic E-state index is 12.2. The molecule has 7 heteroatoms. The molecule has 2 N–H and O–H groups in total. The van der Waals surface area contributed by atoms with Gasteiger partial charge in [0.1, 0.15) is 5.75 Å². The molecule has 1 heterocycles. The van der Waals surface area contributed by atoms with Crippen LogP contribution in [0.2, 0.25) is 0 Å². The first-order valence-electron chi connectivity index (χ1n) is 9.10. The molecule has 1 aromatic heterocycles. The largest absolute Gasteiger partial charge is 0.481 e. The standard InChI is InChI=1S/C21H23N3O3S/c1-13-7-6-9-17(14(13)2)27-15(3)21(26)24-23-19(25)11-12-20-22-16-8-4-5-10-18(16)28-20/h4-10,15H,11-12H2,1-3H3,(H,23,25)(H,24,26)/t15-/m1/s1. The van der Waals surface area contributed by atoms with E-state index in [2.05, 4.69) is 15.8 Å². The molecule has 146 valence electrons. The summed E-state index contributed by atoms with van der Waals surface area (Å²) < 4.78 is 6.81. The molecule has 3 rings (SSSR count). The van der Waals surface area contributed by atoms with E-state index in [0.29, 0.717) is 12.2 Å². The second-order valence-electron chi connectivity index (χ2n) is 6.57. The minimum atomic E-state index is -0.731. The molecule has 0 saturated heterocycles. The SMILES string of the molecule is Cc1cccc(O[C@H](C)C(=O)NNC(=O)CCc2nc3ccccc3s2)c1C. The van der Waals surface area contributed by atoms with Crippen molar-refractivity contribution in [1.29, 1.82) is 0 Å². The van der Waals surface area contributed by atoms with Crippen molar-refractivity contribution < 1.29 is 14.3 Å². The number of amides is 2. The molecule has 3 aromatic rings. The van der Waals surface area contributed by atoms with Crippen LogP contribution >= 0.6 is 11.3 Å². The minimum absolute atomic E-state index is 0.242. The number of nitrogens with one attached hydrogen (secondary N) is 2. The molecule has 2 amide bonds. The number of hydrogen-bond acceptors (Lipinski definition) is 5. The van der Waals surface area contributed by atoms with E-state index >= 15 is 0 Å². The van der Waals surface area contributed by atoms with E-state index in [9.17, 15) is 9.59 Å². The lowest BCUT2D eigenvalue weighted by molar-refractivity contribution is -0.132. The van der Waals surface area contributed by atoms with Crippen molar-refractivity contribution in [2.75, 3.05) is 0 Å². The van der Waals surface area contributed by atoms with Crippen LogP contribution in [-0.2, 0) is 16.0 Å². The molecule has 2 aromatic carbocycles. The summed E-state index contributed by atoms with van der Waals surface area (Å²) in [5.74, 6) is -0.0226. The summed E-state index contributed by atoms with van der Waals surface area (Å²) in [5, 5.41) is 0.898. The lowest BCUT2D eigenvalue weighted by Gasteiger charge is -2.17. The second kappa shape index (κ2) is 8.84. The molecule has 0 unspecified atom stereocenters. The van der Waals surface area contributed by atoms with Crippen molar-refractivity contribution in [3.63, 3.8) is 0 Å². The fraction of sp³-hybridized carbons (Fsp3) is 0.286. The molecule has 0 aliphatic rings. The highest BCUT2D eigenvalue weighted by atomic mass is 32.1. The van der Waals surface area contributed by atoms with Crippen LogP contribution in [0.4, 0.5) is 0 Å². The summed E-state index contributed by atoms with van der Waals surface area (Å²) in [6.07, 6.45) is 0.0344. The first-order valence-corrected chi connectivity index (χ1v) is 9.91. The first-order chi connectivity index (χ1) is 13.4. The number of aryl methyl sites for hydroxylation is 2. The third-order valence-electron chi connectivity index (χ3n) is 4.46. The van der Waals surface area contributed by atoms with Crippen molar-refractivity contribution in [2.24, 2.45) is 0 Å². The van der Waals surface area contributed by atoms with Crippen LogP contribution in [-0.4, -0.2) is 22.9 Å². The zero-order valence-electron chi connectivity index (χ0n) is 16.1. The van der Waals surface area contributed by atoms with Gasteiger partial charge in [0, 0.05) is 12.8 Å². The molecule has 0 spiro atoms. The van der Waals surface area contributed by atoms with Crippen LogP contribution in [0.25, 0.3) is 10.2 Å². The molecular weight excluding hydrogens is 374 g/mol. The Balaban J connectivity index is 1.45. The van der Waals surface area contributed by atoms with Crippen LogP contribution in [0.3, 0.4) is 0 Å². The summed E-state index contributed by atoms with van der Waals surface area (Å²) >= 11 is 1.57. The average Bonchev–Trinajstić information content (AvgIpc) is 3.11. The lowest BCUT2D eigenvalue weighted by Crippen LogP contribution is -2.47. The molecule has 28 heavy (non-hydrogen) atoms. The number of thiazole rings is 1. The molecule has 0 aliphatic carbocycles. The fourth-order valence-corrected chi connectivity index (χ4v) is 3.61. The van der Waals surface area contributed by atoms with Crippen molar-refractivity contribution in [2.45, 2.75) is 39.7 Å². The molecule has 6 nitrogen and oxygen atoms in total. The number of carbonyl (C=O) groups excluding carboxylic acids is 2. The third-order valence-corrected chi connectivity index (χ3v) is 5.55. The summed E-state index contributed by atoms with van der Waals surface area (Å²) in [6.45, 7) is 5.57. The van der Waals surface area contributed by atoms with E-state index in [1.165, 1.54) is 0 Å². The highest BCUT2D eigenvalue weighted by Crippen LogP contribution is 2.23. The Morgan fingerprint density at radius 3 is 2.68 bits per heavy atom. The molecular formula is C21H23N3O3S. The van der Waals surface area contributed by atoms with Gasteiger partial charge in [-0.2, -0.15) is 0 Å². The number of rotatable bonds is 6. The lowest BCUT2D eigenvalue weighted by atomic mass is 10.1. The maximum Gasteiger partial charge on any atom is 0.279 e. The minimum Gasteiger partial charge on any atom is -0.481 e. The Kier molecular flexibility index (Phi) is 6.26. The molecule has 0 saturated carbocycles. The van der Waals surface area contributed by atoms with E-state index < -0.39 is 12.0 Å². The Hall–Kier alpha value is -2.93. The van der Waals surface area contributed by atoms with Gasteiger partial charge in [-0.15, -0.1) is 11.3 Å². The summed E-state index contributed by atoms with van der Waals surface area (Å²) in [6, 6.07) is 13.6. The Labute approximate surface area is 167 Å². The average molecular weight is 398 g/mol. The highest BCUT2D eigenvalue weighted by Gasteiger charge is 2.17. The van der Waals surface area contributed by atoms with Gasteiger partial charge < -0.3 is 4.74 Å². The van der Waals surface area contributed by atoms with Crippen LogP contribution in [0.1, 0.15) is 29.5 Å². The van der Waals surface area contributed by atoms with E-state index in [1.807, 2.05) is 56.3 Å². The van der Waals surface area contributed by atoms with Gasteiger partial charge in [-0.05, 0) is 50.1 Å². The Bertz CT molecular complexity index is 966. The van der Waals surface area contributed by atoms with E-state index in [-0.39, 0.29) is 12.3 Å². The molecule has 0 aliphatic heterocycles. The summed E-state index contributed by atoms with van der Waals surface area (Å²) in [4.78, 5) is 28.7. The van der Waals surface area contributed by atoms with E-state index in [0.717, 1.165) is 26.4 Å². The van der Waals surface area contributed by atoms with Gasteiger partial charge in [0.15, 0.2) is 6.10 Å². The van der Waals surface area contributed by atoms with Gasteiger partial charge in [0.05, 0.1) is 15.2 Å². The van der Waals surface area contributed by atoms with Gasteiger partial charge in [0.2, 0.25) is 5.91 Å². The number of fused-ring (bicyclic) bond motifs is 1. The molecule has 1 atom stereocenters. The Morgan fingerprint density at radius 2 is 1.89 bits per heavy atom. The number of nitrogens with zero attached hydrogens (tertiary/aromatic N) is 1. The number of benzene rings is 2. The van der Waals surface area contributed by atoms with Crippen molar-refractivity contribution in [1.82, 2.24) is 15.8 Å². The second-order valence-corrected chi connectivity index (χ2v) is 7.69. The van der Waals surface area contributed by atoms with Crippen LogP contribution in [0.15, 0.2) is 42.5 Å². The zero-order valence-corrected chi connectivity index (χ0v) is 16.9. The van der Waals surface area contributed by atoms with Crippen molar-refractivity contribution in [3.05, 3.63) is 58.6 Å². The van der Waals surface area contributed by atoms with Gasteiger partial charge in [-0.1, -0.05) is 24.3 Å². The smallest absolute Gasteiger partial charge is 0.279 e. The normalized spacial score (nSPS) is 11.8. The van der Waals surface area contributed by atoms with Crippen molar-refractivity contribution >= 4 is 33.4 Å².